The fourth-order valence-corrected chi connectivity index (χ4v) is 4.45. The van der Waals surface area contributed by atoms with E-state index >= 15 is 0 Å². The first kappa shape index (κ1) is 19.0. The molecule has 0 unspecified atom stereocenters. The molecule has 1 saturated heterocycles. The van der Waals surface area contributed by atoms with Gasteiger partial charge in [0.1, 0.15) is 6.61 Å². The van der Waals surface area contributed by atoms with Crippen LogP contribution in [0.1, 0.15) is 16.8 Å². The van der Waals surface area contributed by atoms with Crippen LogP contribution in [0.25, 0.3) is 0 Å². The molecule has 1 aliphatic heterocycles. The number of para-hydroxylation sites is 2. The Balaban J connectivity index is 1.56. The highest BCUT2D eigenvalue weighted by Crippen LogP contribution is 2.26. The summed E-state index contributed by atoms with van der Waals surface area (Å²) >= 11 is 0. The van der Waals surface area contributed by atoms with Crippen LogP contribution >= 0.6 is 0 Å². The molecule has 1 heterocycles. The van der Waals surface area contributed by atoms with Crippen molar-refractivity contribution in [3.05, 3.63) is 54.1 Å². The minimum Gasteiger partial charge on any atom is -0.493 e. The molecular formula is C19H22N2O5S. The Kier molecular flexibility index (Phi) is 5.85. The number of sulfonamides is 1. The Morgan fingerprint density at radius 2 is 1.93 bits per heavy atom. The minimum absolute atomic E-state index is 0.143. The van der Waals surface area contributed by atoms with E-state index in [0.29, 0.717) is 42.3 Å². The number of hydrogen-bond acceptors (Lipinski definition) is 5. The maximum Gasteiger partial charge on any atom is 0.251 e. The smallest absolute Gasteiger partial charge is 0.251 e. The van der Waals surface area contributed by atoms with E-state index in [9.17, 15) is 13.2 Å². The van der Waals surface area contributed by atoms with Crippen molar-refractivity contribution in [1.82, 2.24) is 5.32 Å². The van der Waals surface area contributed by atoms with E-state index in [4.69, 9.17) is 9.47 Å². The van der Waals surface area contributed by atoms with Crippen molar-refractivity contribution in [2.75, 3.05) is 36.9 Å². The van der Waals surface area contributed by atoms with Gasteiger partial charge in [0.2, 0.25) is 10.0 Å². The van der Waals surface area contributed by atoms with Gasteiger partial charge in [-0.05, 0) is 36.8 Å². The largest absolute Gasteiger partial charge is 0.493 e. The van der Waals surface area contributed by atoms with Crippen molar-refractivity contribution >= 4 is 21.6 Å². The standard InChI is InChI=1S/C19H22N2O5S/c1-25-17-8-2-3-9-18(17)26-12-10-20-19(22)15-6-4-7-16(14-15)21-11-5-13-27(21,23)24/h2-4,6-9,14H,5,10-13H2,1H3,(H,20,22). The number of nitrogens with zero attached hydrogens (tertiary/aromatic N) is 1. The quantitative estimate of drug-likeness (QED) is 0.732. The summed E-state index contributed by atoms with van der Waals surface area (Å²) in [5.74, 6) is 1.10. The fourth-order valence-electron chi connectivity index (χ4n) is 2.90. The molecule has 1 N–H and O–H groups in total. The van der Waals surface area contributed by atoms with E-state index in [1.54, 1.807) is 43.5 Å². The molecule has 0 bridgehead atoms. The number of benzene rings is 2. The highest BCUT2D eigenvalue weighted by molar-refractivity contribution is 7.93. The zero-order valence-corrected chi connectivity index (χ0v) is 15.9. The lowest BCUT2D eigenvalue weighted by Crippen LogP contribution is -2.29. The van der Waals surface area contributed by atoms with Gasteiger partial charge in [-0.3, -0.25) is 9.10 Å². The average Bonchev–Trinajstić information content (AvgIpc) is 3.04. The summed E-state index contributed by atoms with van der Waals surface area (Å²) in [6.45, 7) is 1.04. The van der Waals surface area contributed by atoms with Crippen LogP contribution in [0.4, 0.5) is 5.69 Å². The fraction of sp³-hybridized carbons (Fsp3) is 0.316. The molecule has 2 aromatic rings. The molecule has 0 saturated carbocycles. The van der Waals surface area contributed by atoms with Gasteiger partial charge in [0, 0.05) is 12.1 Å². The lowest BCUT2D eigenvalue weighted by Gasteiger charge is -2.17. The van der Waals surface area contributed by atoms with E-state index in [1.807, 2.05) is 12.1 Å². The summed E-state index contributed by atoms with van der Waals surface area (Å²) in [4.78, 5) is 12.3. The molecule has 1 amide bonds. The van der Waals surface area contributed by atoms with Crippen LogP contribution in [0.15, 0.2) is 48.5 Å². The first-order valence-corrected chi connectivity index (χ1v) is 10.3. The number of rotatable bonds is 7. The zero-order chi connectivity index (χ0) is 19.3. The van der Waals surface area contributed by atoms with Crippen molar-refractivity contribution in [2.24, 2.45) is 0 Å². The number of amides is 1. The number of nitrogens with one attached hydrogen (secondary N) is 1. The number of carbonyl (C=O) groups excluding carboxylic acids is 1. The summed E-state index contributed by atoms with van der Waals surface area (Å²) in [5.41, 5.74) is 0.928. The highest BCUT2D eigenvalue weighted by Gasteiger charge is 2.28. The molecule has 1 aliphatic rings. The Labute approximate surface area is 158 Å². The number of ether oxygens (including phenoxy) is 2. The van der Waals surface area contributed by atoms with Crippen LogP contribution < -0.4 is 19.1 Å². The summed E-state index contributed by atoms with van der Waals surface area (Å²) < 4.78 is 36.3. The number of anilines is 1. The normalized spacial score (nSPS) is 15.4. The molecule has 8 heteroatoms. The van der Waals surface area contributed by atoms with E-state index in [1.165, 1.54) is 4.31 Å². The third-order valence-electron chi connectivity index (χ3n) is 4.21. The molecule has 0 atom stereocenters. The second kappa shape index (κ2) is 8.30. The van der Waals surface area contributed by atoms with Gasteiger partial charge in [0.15, 0.2) is 11.5 Å². The van der Waals surface area contributed by atoms with Gasteiger partial charge in [-0.2, -0.15) is 0 Å². The monoisotopic (exact) mass is 390 g/mol. The van der Waals surface area contributed by atoms with Gasteiger partial charge in [0.25, 0.3) is 5.91 Å². The lowest BCUT2D eigenvalue weighted by molar-refractivity contribution is 0.0947. The second-order valence-electron chi connectivity index (χ2n) is 6.05. The summed E-state index contributed by atoms with van der Waals surface area (Å²) in [6, 6.07) is 13.9. The molecular weight excluding hydrogens is 368 g/mol. The van der Waals surface area contributed by atoms with Crippen LogP contribution in [0.2, 0.25) is 0 Å². The molecule has 27 heavy (non-hydrogen) atoms. The Morgan fingerprint density at radius 3 is 2.63 bits per heavy atom. The molecule has 0 radical (unpaired) electrons. The van der Waals surface area contributed by atoms with Crippen LogP contribution in [0, 0.1) is 0 Å². The maximum absolute atomic E-state index is 12.3. The van der Waals surface area contributed by atoms with Crippen molar-refractivity contribution in [3.63, 3.8) is 0 Å². The van der Waals surface area contributed by atoms with Crippen molar-refractivity contribution in [3.8, 4) is 11.5 Å². The Bertz CT molecular complexity index is 914. The van der Waals surface area contributed by atoms with Gasteiger partial charge in [-0.15, -0.1) is 0 Å². The first-order chi connectivity index (χ1) is 13.0. The van der Waals surface area contributed by atoms with E-state index in [2.05, 4.69) is 5.32 Å². The minimum atomic E-state index is -3.27. The topological polar surface area (TPSA) is 84.9 Å². The van der Waals surface area contributed by atoms with Crippen molar-refractivity contribution in [2.45, 2.75) is 6.42 Å². The van der Waals surface area contributed by atoms with Crippen LogP contribution in [0.5, 0.6) is 11.5 Å². The molecule has 2 aromatic carbocycles. The third-order valence-corrected chi connectivity index (χ3v) is 6.08. The summed E-state index contributed by atoms with van der Waals surface area (Å²) in [5, 5.41) is 2.77. The van der Waals surface area contributed by atoms with E-state index < -0.39 is 10.0 Å². The van der Waals surface area contributed by atoms with Gasteiger partial charge < -0.3 is 14.8 Å². The molecule has 0 aliphatic carbocycles. The highest BCUT2D eigenvalue weighted by atomic mass is 32.2. The average molecular weight is 390 g/mol. The van der Waals surface area contributed by atoms with E-state index in [-0.39, 0.29) is 18.3 Å². The predicted molar refractivity (Wildman–Crippen MR) is 103 cm³/mol. The summed E-state index contributed by atoms with van der Waals surface area (Å²) in [6.07, 6.45) is 0.596. The van der Waals surface area contributed by atoms with Crippen LogP contribution in [0.3, 0.4) is 0 Å². The van der Waals surface area contributed by atoms with E-state index in [0.717, 1.165) is 0 Å². The van der Waals surface area contributed by atoms with Gasteiger partial charge >= 0.3 is 0 Å². The number of carbonyl (C=O) groups is 1. The molecule has 7 nitrogen and oxygen atoms in total. The molecule has 1 fully saturated rings. The maximum atomic E-state index is 12.3. The predicted octanol–water partition coefficient (Wildman–Crippen LogP) is 2.04. The van der Waals surface area contributed by atoms with Crippen LogP contribution in [-0.2, 0) is 10.0 Å². The number of methoxy groups -OCH3 is 1. The van der Waals surface area contributed by atoms with Gasteiger partial charge in [0.05, 0.1) is 25.1 Å². The molecule has 144 valence electrons. The van der Waals surface area contributed by atoms with Crippen molar-refractivity contribution < 1.29 is 22.7 Å². The van der Waals surface area contributed by atoms with Gasteiger partial charge in [-0.1, -0.05) is 18.2 Å². The molecule has 0 aromatic heterocycles. The molecule has 3 rings (SSSR count). The number of hydrogen-bond donors (Lipinski definition) is 1. The second-order valence-corrected chi connectivity index (χ2v) is 8.06. The Morgan fingerprint density at radius 1 is 1.15 bits per heavy atom. The van der Waals surface area contributed by atoms with Gasteiger partial charge in [-0.25, -0.2) is 8.42 Å². The van der Waals surface area contributed by atoms with Crippen molar-refractivity contribution in [1.29, 1.82) is 0 Å². The first-order valence-electron chi connectivity index (χ1n) is 8.66. The third kappa shape index (κ3) is 4.51. The lowest BCUT2D eigenvalue weighted by atomic mass is 10.2. The SMILES string of the molecule is COc1ccccc1OCCNC(=O)c1cccc(N2CCCS2(=O)=O)c1. The zero-order valence-electron chi connectivity index (χ0n) is 15.1. The van der Waals surface area contributed by atoms with Crippen LogP contribution in [-0.4, -0.2) is 46.9 Å². The molecule has 0 spiro atoms. The summed E-state index contributed by atoms with van der Waals surface area (Å²) in [7, 11) is -1.70. The Hall–Kier alpha value is -2.74.